The van der Waals surface area contributed by atoms with Gasteiger partial charge >= 0.3 is 0 Å². The lowest BCUT2D eigenvalue weighted by molar-refractivity contribution is -0.116. The molecule has 0 radical (unpaired) electrons. The van der Waals surface area contributed by atoms with Crippen molar-refractivity contribution in [1.29, 1.82) is 5.26 Å². The van der Waals surface area contributed by atoms with Crippen molar-refractivity contribution < 1.29 is 9.90 Å². The Morgan fingerprint density at radius 1 is 1.47 bits per heavy atom. The number of aliphatic hydroxyl groups is 1. The van der Waals surface area contributed by atoms with Gasteiger partial charge in [-0.3, -0.25) is 4.79 Å². The first-order valence-electron chi connectivity index (χ1n) is 5.51. The fourth-order valence-electron chi connectivity index (χ4n) is 1.44. The Labute approximate surface area is 105 Å². The van der Waals surface area contributed by atoms with Gasteiger partial charge in [-0.1, -0.05) is 0 Å². The van der Waals surface area contributed by atoms with E-state index < -0.39 is 0 Å². The number of nitriles is 1. The Morgan fingerprint density at radius 2 is 2.18 bits per heavy atom. The van der Waals surface area contributed by atoms with Gasteiger partial charge in [0.2, 0.25) is 5.91 Å². The lowest BCUT2D eigenvalue weighted by atomic mass is 10.2. The molecule has 5 heteroatoms. The average Bonchev–Trinajstić information content (AvgIpc) is 2.54. The van der Waals surface area contributed by atoms with E-state index in [1.165, 1.54) is 11.3 Å². The second-order valence-electron chi connectivity index (χ2n) is 3.83. The molecule has 1 aromatic heterocycles. The first kappa shape index (κ1) is 13.7. The van der Waals surface area contributed by atoms with Crippen LogP contribution >= 0.6 is 11.3 Å². The molecule has 0 aliphatic rings. The van der Waals surface area contributed by atoms with Gasteiger partial charge in [-0.2, -0.15) is 5.26 Å². The van der Waals surface area contributed by atoms with E-state index in [2.05, 4.69) is 11.4 Å². The minimum atomic E-state index is -0.101. The van der Waals surface area contributed by atoms with Crippen LogP contribution in [0.3, 0.4) is 0 Å². The number of anilines is 1. The van der Waals surface area contributed by atoms with Gasteiger partial charge in [0, 0.05) is 17.9 Å². The standard InChI is InChI=1S/C12H16N2O2S/c1-8-9(2)17-12(10(8)7-13)14-11(16)5-3-4-6-15/h15H,3-6H2,1-2H3,(H,14,16). The molecule has 1 amide bonds. The topological polar surface area (TPSA) is 73.1 Å². The number of aliphatic hydroxyl groups excluding tert-OH is 1. The summed E-state index contributed by atoms with van der Waals surface area (Å²) < 4.78 is 0. The van der Waals surface area contributed by atoms with Crippen LogP contribution in [0, 0.1) is 25.2 Å². The van der Waals surface area contributed by atoms with Gasteiger partial charge in [0.25, 0.3) is 0 Å². The Kier molecular flexibility index (Phi) is 5.13. The third kappa shape index (κ3) is 3.55. The zero-order valence-electron chi connectivity index (χ0n) is 10.0. The largest absolute Gasteiger partial charge is 0.396 e. The Bertz CT molecular complexity index is 446. The lowest BCUT2D eigenvalue weighted by Crippen LogP contribution is -2.11. The summed E-state index contributed by atoms with van der Waals surface area (Å²) in [7, 11) is 0. The number of rotatable bonds is 5. The molecule has 2 N–H and O–H groups in total. The van der Waals surface area contributed by atoms with E-state index in [9.17, 15) is 4.79 Å². The minimum Gasteiger partial charge on any atom is -0.396 e. The molecule has 0 aliphatic heterocycles. The Morgan fingerprint density at radius 3 is 2.76 bits per heavy atom. The molecule has 0 atom stereocenters. The molecule has 0 spiro atoms. The van der Waals surface area contributed by atoms with Gasteiger partial charge in [0.05, 0.1) is 5.56 Å². The molecule has 1 rings (SSSR count). The number of nitrogens with zero attached hydrogens (tertiary/aromatic N) is 1. The van der Waals surface area contributed by atoms with Crippen LogP contribution in [0.15, 0.2) is 0 Å². The van der Waals surface area contributed by atoms with E-state index in [0.717, 1.165) is 10.4 Å². The first-order valence-corrected chi connectivity index (χ1v) is 6.32. The van der Waals surface area contributed by atoms with Crippen molar-refractivity contribution in [3.8, 4) is 6.07 Å². The summed E-state index contributed by atoms with van der Waals surface area (Å²) in [6.45, 7) is 3.92. The maximum absolute atomic E-state index is 11.6. The van der Waals surface area contributed by atoms with Gasteiger partial charge in [-0.05, 0) is 32.3 Å². The van der Waals surface area contributed by atoms with Gasteiger partial charge in [0.1, 0.15) is 11.1 Å². The fraction of sp³-hybridized carbons (Fsp3) is 0.500. The molecule has 1 aromatic rings. The average molecular weight is 252 g/mol. The molecule has 0 unspecified atom stereocenters. The lowest BCUT2D eigenvalue weighted by Gasteiger charge is -2.02. The van der Waals surface area contributed by atoms with Gasteiger partial charge in [-0.25, -0.2) is 0 Å². The quantitative estimate of drug-likeness (QED) is 0.790. The monoisotopic (exact) mass is 252 g/mol. The summed E-state index contributed by atoms with van der Waals surface area (Å²) in [5, 5.41) is 21.0. The zero-order chi connectivity index (χ0) is 12.8. The second-order valence-corrected chi connectivity index (χ2v) is 5.05. The summed E-state index contributed by atoms with van der Waals surface area (Å²) in [4.78, 5) is 12.6. The maximum Gasteiger partial charge on any atom is 0.225 e. The third-order valence-corrected chi connectivity index (χ3v) is 3.68. The Balaban J connectivity index is 2.66. The van der Waals surface area contributed by atoms with Crippen LogP contribution in [-0.2, 0) is 4.79 Å². The predicted molar refractivity (Wildman–Crippen MR) is 68.1 cm³/mol. The van der Waals surface area contributed by atoms with Crippen LogP contribution in [0.2, 0.25) is 0 Å². The third-order valence-electron chi connectivity index (χ3n) is 2.56. The molecular weight excluding hydrogens is 236 g/mol. The van der Waals surface area contributed by atoms with E-state index >= 15 is 0 Å². The minimum absolute atomic E-state index is 0.101. The highest BCUT2D eigenvalue weighted by Crippen LogP contribution is 2.31. The summed E-state index contributed by atoms with van der Waals surface area (Å²) in [6.07, 6.45) is 1.66. The highest BCUT2D eigenvalue weighted by Gasteiger charge is 2.14. The normalized spacial score (nSPS) is 10.0. The molecule has 0 fully saturated rings. The number of thiophene rings is 1. The molecule has 0 aliphatic carbocycles. The molecule has 4 nitrogen and oxygen atoms in total. The number of carbonyl (C=O) groups is 1. The molecular formula is C12H16N2O2S. The van der Waals surface area contributed by atoms with Crippen LogP contribution in [0.25, 0.3) is 0 Å². The van der Waals surface area contributed by atoms with Crippen molar-refractivity contribution in [1.82, 2.24) is 0 Å². The number of nitrogens with one attached hydrogen (secondary N) is 1. The predicted octanol–water partition coefficient (Wildman–Crippen LogP) is 2.34. The van der Waals surface area contributed by atoms with E-state index in [4.69, 9.17) is 10.4 Å². The van der Waals surface area contributed by atoms with Crippen LogP contribution < -0.4 is 5.32 Å². The number of amides is 1. The molecule has 0 bridgehead atoms. The smallest absolute Gasteiger partial charge is 0.225 e. The highest BCUT2D eigenvalue weighted by atomic mass is 32.1. The number of hydrogen-bond acceptors (Lipinski definition) is 4. The molecule has 1 heterocycles. The van der Waals surface area contributed by atoms with Crippen LogP contribution in [0.5, 0.6) is 0 Å². The van der Waals surface area contributed by atoms with E-state index in [1.54, 1.807) is 0 Å². The van der Waals surface area contributed by atoms with Gasteiger partial charge in [-0.15, -0.1) is 11.3 Å². The molecule has 92 valence electrons. The first-order chi connectivity index (χ1) is 8.10. The van der Waals surface area contributed by atoms with Crippen molar-refractivity contribution in [2.45, 2.75) is 33.1 Å². The number of hydrogen-bond donors (Lipinski definition) is 2. The number of aryl methyl sites for hydroxylation is 1. The van der Waals surface area contributed by atoms with Crippen molar-refractivity contribution in [2.75, 3.05) is 11.9 Å². The summed E-state index contributed by atoms with van der Waals surface area (Å²) >= 11 is 1.43. The SMILES string of the molecule is Cc1sc(NC(=O)CCCCO)c(C#N)c1C. The van der Waals surface area contributed by atoms with E-state index in [1.807, 2.05) is 13.8 Å². The second kappa shape index (κ2) is 6.38. The number of carbonyl (C=O) groups excluding carboxylic acids is 1. The number of unbranched alkanes of at least 4 members (excludes halogenated alkanes) is 1. The van der Waals surface area contributed by atoms with Crippen molar-refractivity contribution in [3.05, 3.63) is 16.0 Å². The summed E-state index contributed by atoms with van der Waals surface area (Å²) in [6, 6.07) is 2.11. The fourth-order valence-corrected chi connectivity index (χ4v) is 2.46. The molecule has 0 saturated carbocycles. The Hall–Kier alpha value is -1.38. The van der Waals surface area contributed by atoms with E-state index in [0.29, 0.717) is 29.8 Å². The van der Waals surface area contributed by atoms with Crippen LogP contribution in [0.1, 0.15) is 35.3 Å². The molecule has 0 saturated heterocycles. The summed E-state index contributed by atoms with van der Waals surface area (Å²) in [5.41, 5.74) is 1.49. The van der Waals surface area contributed by atoms with Crippen LogP contribution in [0.4, 0.5) is 5.00 Å². The molecule has 0 aromatic carbocycles. The van der Waals surface area contributed by atoms with Crippen molar-refractivity contribution in [2.24, 2.45) is 0 Å². The van der Waals surface area contributed by atoms with Crippen molar-refractivity contribution in [3.63, 3.8) is 0 Å². The van der Waals surface area contributed by atoms with Crippen LogP contribution in [-0.4, -0.2) is 17.6 Å². The maximum atomic E-state index is 11.6. The van der Waals surface area contributed by atoms with Gasteiger partial charge in [0.15, 0.2) is 0 Å². The van der Waals surface area contributed by atoms with Crippen molar-refractivity contribution >= 4 is 22.2 Å². The zero-order valence-corrected chi connectivity index (χ0v) is 10.9. The molecule has 17 heavy (non-hydrogen) atoms. The van der Waals surface area contributed by atoms with Gasteiger partial charge < -0.3 is 10.4 Å². The highest BCUT2D eigenvalue weighted by molar-refractivity contribution is 7.16. The van der Waals surface area contributed by atoms with E-state index in [-0.39, 0.29) is 12.5 Å². The summed E-state index contributed by atoms with van der Waals surface area (Å²) in [5.74, 6) is -0.101.